The van der Waals surface area contributed by atoms with E-state index >= 15 is 0 Å². The van der Waals surface area contributed by atoms with Gasteiger partial charge in [0, 0.05) is 12.6 Å². The smallest absolute Gasteiger partial charge is 0.321 e. The molecule has 0 unspecified atom stereocenters. The third kappa shape index (κ3) is 5.42. The molecule has 0 saturated carbocycles. The number of carbonyl (C=O) groups excluding carboxylic acids is 3. The van der Waals surface area contributed by atoms with Gasteiger partial charge in [-0.1, -0.05) is 80.9 Å². The highest BCUT2D eigenvalue weighted by Crippen LogP contribution is 2.30. The molecule has 2 N–H and O–H groups in total. The second-order valence-electron chi connectivity index (χ2n) is 6.57. The van der Waals surface area contributed by atoms with Crippen molar-refractivity contribution in [2.24, 2.45) is 5.92 Å². The summed E-state index contributed by atoms with van der Waals surface area (Å²) >= 11 is 0. The van der Waals surface area contributed by atoms with E-state index in [-0.39, 0.29) is 5.92 Å². The number of rotatable bonds is 7. The van der Waals surface area contributed by atoms with Gasteiger partial charge >= 0.3 is 12.0 Å². The van der Waals surface area contributed by atoms with E-state index in [2.05, 4.69) is 10.6 Å². The van der Waals surface area contributed by atoms with Crippen molar-refractivity contribution in [2.45, 2.75) is 32.3 Å². The van der Waals surface area contributed by atoms with E-state index < -0.39 is 29.9 Å². The van der Waals surface area contributed by atoms with E-state index in [0.29, 0.717) is 5.56 Å². The average Bonchev–Trinajstić information content (AvgIpc) is 2.73. The molecule has 0 saturated heterocycles. The predicted octanol–water partition coefficient (Wildman–Crippen LogP) is 3.56. The molecule has 148 valence electrons. The Kier molecular flexibility index (Phi) is 7.75. The van der Waals surface area contributed by atoms with Crippen LogP contribution in [0.25, 0.3) is 0 Å². The van der Waals surface area contributed by atoms with Gasteiger partial charge in [0.25, 0.3) is 5.91 Å². The topological polar surface area (TPSA) is 84.5 Å². The van der Waals surface area contributed by atoms with Gasteiger partial charge in [0.1, 0.15) is 0 Å². The fourth-order valence-electron chi connectivity index (χ4n) is 2.92. The van der Waals surface area contributed by atoms with E-state index in [9.17, 15) is 14.4 Å². The highest BCUT2D eigenvalue weighted by Gasteiger charge is 2.33. The van der Waals surface area contributed by atoms with Crippen LogP contribution in [0.1, 0.15) is 43.4 Å². The number of urea groups is 1. The first-order valence-electron chi connectivity index (χ1n) is 9.30. The fraction of sp³-hybridized carbons (Fsp3) is 0.318. The second kappa shape index (κ2) is 10.3. The van der Waals surface area contributed by atoms with Crippen LogP contribution in [0.2, 0.25) is 0 Å². The van der Waals surface area contributed by atoms with Crippen LogP contribution in [0.5, 0.6) is 0 Å². The van der Waals surface area contributed by atoms with E-state index in [1.807, 2.05) is 44.2 Å². The Bertz CT molecular complexity index is 793. The molecule has 3 amide bonds. The average molecular weight is 382 g/mol. The van der Waals surface area contributed by atoms with Crippen molar-refractivity contribution in [1.29, 1.82) is 0 Å². The first-order chi connectivity index (χ1) is 13.5. The number of hydrogen-bond donors (Lipinski definition) is 2. The quantitative estimate of drug-likeness (QED) is 0.717. The van der Waals surface area contributed by atoms with Crippen LogP contribution in [0.15, 0.2) is 60.7 Å². The van der Waals surface area contributed by atoms with Crippen molar-refractivity contribution in [3.63, 3.8) is 0 Å². The van der Waals surface area contributed by atoms with Gasteiger partial charge in [-0.25, -0.2) is 4.79 Å². The molecule has 0 aliphatic carbocycles. The summed E-state index contributed by atoms with van der Waals surface area (Å²) in [7, 11) is 1.40. The maximum atomic E-state index is 13.1. The van der Waals surface area contributed by atoms with Gasteiger partial charge in [-0.15, -0.1) is 0 Å². The van der Waals surface area contributed by atoms with Gasteiger partial charge in [0.15, 0.2) is 0 Å². The SMILES string of the molecule is CC[C@@H](C)[C@H](C(=O)O[C@H](C(=O)NC(=O)NC)c1ccccc1)c1ccccc1. The molecule has 0 aliphatic rings. The first kappa shape index (κ1) is 21.2. The third-order valence-corrected chi connectivity index (χ3v) is 4.66. The minimum Gasteiger partial charge on any atom is -0.447 e. The highest BCUT2D eigenvalue weighted by molar-refractivity contribution is 5.98. The molecule has 0 bridgehead atoms. The number of carbonyl (C=O) groups is 3. The molecule has 2 aromatic rings. The summed E-state index contributed by atoms with van der Waals surface area (Å²) in [5.74, 6) is -1.69. The molecular formula is C22H26N2O4. The lowest BCUT2D eigenvalue weighted by Crippen LogP contribution is -2.41. The number of amides is 3. The van der Waals surface area contributed by atoms with Crippen molar-refractivity contribution in [3.05, 3.63) is 71.8 Å². The summed E-state index contributed by atoms with van der Waals surface area (Å²) in [6, 6.07) is 17.3. The Morgan fingerprint density at radius 1 is 0.929 bits per heavy atom. The number of imide groups is 1. The molecule has 0 aliphatic heterocycles. The summed E-state index contributed by atoms with van der Waals surface area (Å²) in [4.78, 5) is 37.3. The molecule has 6 heteroatoms. The maximum absolute atomic E-state index is 13.1. The lowest BCUT2D eigenvalue weighted by atomic mass is 9.85. The van der Waals surface area contributed by atoms with Crippen LogP contribution >= 0.6 is 0 Å². The van der Waals surface area contributed by atoms with Gasteiger partial charge in [0.2, 0.25) is 6.10 Å². The molecule has 28 heavy (non-hydrogen) atoms. The van der Waals surface area contributed by atoms with Crippen LogP contribution in [-0.4, -0.2) is 25.0 Å². The summed E-state index contributed by atoms with van der Waals surface area (Å²) in [5, 5.41) is 4.51. The minimum atomic E-state index is -1.22. The molecule has 3 atom stereocenters. The zero-order chi connectivity index (χ0) is 20.5. The van der Waals surface area contributed by atoms with Crippen molar-refractivity contribution < 1.29 is 19.1 Å². The van der Waals surface area contributed by atoms with E-state index in [1.165, 1.54) is 7.05 Å². The van der Waals surface area contributed by atoms with Gasteiger partial charge in [-0.2, -0.15) is 0 Å². The van der Waals surface area contributed by atoms with Crippen molar-refractivity contribution in [1.82, 2.24) is 10.6 Å². The lowest BCUT2D eigenvalue weighted by Gasteiger charge is -2.25. The lowest BCUT2D eigenvalue weighted by molar-refractivity contribution is -0.158. The van der Waals surface area contributed by atoms with Gasteiger partial charge in [-0.05, 0) is 11.5 Å². The Morgan fingerprint density at radius 3 is 1.96 bits per heavy atom. The van der Waals surface area contributed by atoms with Crippen LogP contribution in [0, 0.1) is 5.92 Å². The number of ether oxygens (including phenoxy) is 1. The number of esters is 1. The zero-order valence-electron chi connectivity index (χ0n) is 16.3. The Morgan fingerprint density at radius 2 is 1.46 bits per heavy atom. The van der Waals surface area contributed by atoms with E-state index in [0.717, 1.165) is 12.0 Å². The molecule has 6 nitrogen and oxygen atoms in total. The van der Waals surface area contributed by atoms with Crippen molar-refractivity contribution in [3.8, 4) is 0 Å². The highest BCUT2D eigenvalue weighted by atomic mass is 16.5. The minimum absolute atomic E-state index is 0.0216. The summed E-state index contributed by atoms with van der Waals surface area (Å²) in [6.07, 6.45) is -0.448. The van der Waals surface area contributed by atoms with E-state index in [4.69, 9.17) is 4.74 Å². The molecule has 0 aromatic heterocycles. The third-order valence-electron chi connectivity index (χ3n) is 4.66. The Balaban J connectivity index is 2.31. The fourth-order valence-corrected chi connectivity index (χ4v) is 2.92. The normalized spacial score (nSPS) is 13.7. The van der Waals surface area contributed by atoms with Crippen LogP contribution in [0.3, 0.4) is 0 Å². The molecule has 2 rings (SSSR count). The summed E-state index contributed by atoms with van der Waals surface area (Å²) < 4.78 is 5.65. The van der Waals surface area contributed by atoms with Gasteiger partial charge in [-0.3, -0.25) is 14.9 Å². The van der Waals surface area contributed by atoms with Gasteiger partial charge < -0.3 is 10.1 Å². The predicted molar refractivity (Wildman–Crippen MR) is 107 cm³/mol. The number of hydrogen-bond acceptors (Lipinski definition) is 4. The zero-order valence-corrected chi connectivity index (χ0v) is 16.3. The van der Waals surface area contributed by atoms with Crippen molar-refractivity contribution in [2.75, 3.05) is 7.05 Å². The second-order valence-corrected chi connectivity index (χ2v) is 6.57. The van der Waals surface area contributed by atoms with E-state index in [1.54, 1.807) is 30.3 Å². The van der Waals surface area contributed by atoms with Crippen molar-refractivity contribution >= 4 is 17.9 Å². The Hall–Kier alpha value is -3.15. The van der Waals surface area contributed by atoms with Crippen LogP contribution in [0.4, 0.5) is 4.79 Å². The molecule has 0 fully saturated rings. The first-order valence-corrected chi connectivity index (χ1v) is 9.30. The molecule has 2 aromatic carbocycles. The van der Waals surface area contributed by atoms with Crippen LogP contribution < -0.4 is 10.6 Å². The number of benzene rings is 2. The molecule has 0 spiro atoms. The molecular weight excluding hydrogens is 356 g/mol. The van der Waals surface area contributed by atoms with Crippen LogP contribution in [-0.2, 0) is 14.3 Å². The maximum Gasteiger partial charge on any atom is 0.321 e. The monoisotopic (exact) mass is 382 g/mol. The summed E-state index contributed by atoms with van der Waals surface area (Å²) in [6.45, 7) is 3.97. The standard InChI is InChI=1S/C22H26N2O4/c1-4-15(2)18(16-11-7-5-8-12-16)21(26)28-19(17-13-9-6-10-14-17)20(25)24-22(27)23-3/h5-15,18-19H,4H2,1-3H3,(H2,23,24,25,27)/t15-,18+,19+/m1/s1. The van der Waals surface area contributed by atoms with Gasteiger partial charge in [0.05, 0.1) is 5.92 Å². The molecule has 0 heterocycles. The Labute approximate surface area is 165 Å². The number of nitrogens with one attached hydrogen (secondary N) is 2. The summed E-state index contributed by atoms with van der Waals surface area (Å²) in [5.41, 5.74) is 1.33. The largest absolute Gasteiger partial charge is 0.447 e. The molecule has 0 radical (unpaired) electrons.